The van der Waals surface area contributed by atoms with Gasteiger partial charge >= 0.3 is 6.18 Å². The van der Waals surface area contributed by atoms with E-state index in [2.05, 4.69) is 20.6 Å². The summed E-state index contributed by atoms with van der Waals surface area (Å²) in [6, 6.07) is 12.4. The van der Waals surface area contributed by atoms with Gasteiger partial charge in [-0.15, -0.1) is 0 Å². The van der Waals surface area contributed by atoms with Crippen molar-refractivity contribution in [3.8, 4) is 11.3 Å². The molecule has 0 bridgehead atoms. The molecule has 0 aliphatic rings. The van der Waals surface area contributed by atoms with Gasteiger partial charge in [-0.05, 0) is 24.3 Å². The Kier molecular flexibility index (Phi) is 4.86. The number of fused-ring (bicyclic) bond motifs is 1. The fourth-order valence-electron chi connectivity index (χ4n) is 3.15. The number of benzene rings is 2. The molecule has 2 aromatic heterocycles. The topological polar surface area (TPSA) is 71.3 Å². The number of carbonyl (C=O) groups is 1. The maximum absolute atomic E-state index is 13.3. The first-order chi connectivity index (χ1) is 14.3. The monoisotopic (exact) mass is 411 g/mol. The van der Waals surface area contributed by atoms with Crippen molar-refractivity contribution in [3.05, 3.63) is 72.7 Å². The van der Waals surface area contributed by atoms with E-state index in [1.807, 2.05) is 6.07 Å². The Balaban J connectivity index is 1.75. The first-order valence-electron chi connectivity index (χ1n) is 8.96. The first kappa shape index (κ1) is 19.4. The number of hydrogen-bond acceptors (Lipinski definition) is 4. The number of hydrogen-bond donors (Lipinski definition) is 2. The third-order valence-corrected chi connectivity index (χ3v) is 4.39. The highest BCUT2D eigenvalue weighted by Crippen LogP contribution is 2.36. The first-order valence-corrected chi connectivity index (χ1v) is 8.96. The van der Waals surface area contributed by atoms with Crippen LogP contribution in [0, 0.1) is 0 Å². The van der Waals surface area contributed by atoms with Crippen molar-refractivity contribution in [2.24, 2.45) is 0 Å². The predicted octanol–water partition coefficient (Wildman–Crippen LogP) is 5.12. The van der Waals surface area contributed by atoms with Gasteiger partial charge in [0.25, 0.3) is 0 Å². The Bertz CT molecular complexity index is 1230. The number of halogens is 3. The minimum absolute atomic E-state index is 0.109. The van der Waals surface area contributed by atoms with Crippen molar-refractivity contribution in [1.82, 2.24) is 14.4 Å². The van der Waals surface area contributed by atoms with Crippen molar-refractivity contribution in [1.29, 1.82) is 0 Å². The quantitative estimate of drug-likeness (QED) is 0.489. The Morgan fingerprint density at radius 1 is 1.07 bits per heavy atom. The van der Waals surface area contributed by atoms with Crippen molar-refractivity contribution in [2.75, 3.05) is 10.6 Å². The van der Waals surface area contributed by atoms with Gasteiger partial charge in [0, 0.05) is 30.6 Å². The van der Waals surface area contributed by atoms with Crippen LogP contribution in [0.15, 0.2) is 67.1 Å². The Morgan fingerprint density at radius 3 is 2.63 bits per heavy atom. The van der Waals surface area contributed by atoms with Crippen LogP contribution in [0.2, 0.25) is 0 Å². The lowest BCUT2D eigenvalue weighted by Gasteiger charge is -2.14. The molecule has 152 valence electrons. The molecule has 2 aromatic carbocycles. The number of imidazole rings is 1. The van der Waals surface area contributed by atoms with E-state index in [0.717, 1.165) is 11.6 Å². The number of nitrogens with zero attached hydrogens (tertiary/aromatic N) is 3. The number of alkyl halides is 3. The second-order valence-corrected chi connectivity index (χ2v) is 6.54. The third kappa shape index (κ3) is 3.82. The Morgan fingerprint density at radius 2 is 1.87 bits per heavy atom. The molecule has 0 aliphatic heterocycles. The molecule has 0 saturated heterocycles. The van der Waals surface area contributed by atoms with E-state index in [0.29, 0.717) is 17.0 Å². The zero-order valence-electron chi connectivity index (χ0n) is 15.7. The summed E-state index contributed by atoms with van der Waals surface area (Å²) in [5, 5.41) is 5.47. The summed E-state index contributed by atoms with van der Waals surface area (Å²) in [6.07, 6.45) is 0.252. The zero-order valence-corrected chi connectivity index (χ0v) is 15.7. The average Bonchev–Trinajstić information content (AvgIpc) is 3.12. The fourth-order valence-corrected chi connectivity index (χ4v) is 3.15. The highest BCUT2D eigenvalue weighted by Gasteiger charge is 2.33. The Hall–Kier alpha value is -3.88. The maximum Gasteiger partial charge on any atom is 0.418 e. The molecule has 0 atom stereocenters. The smallest absolute Gasteiger partial charge is 0.337 e. The van der Waals surface area contributed by atoms with Gasteiger partial charge in [0.1, 0.15) is 0 Å². The molecule has 4 rings (SSSR count). The molecule has 1 amide bonds. The highest BCUT2D eigenvalue weighted by atomic mass is 19.4. The van der Waals surface area contributed by atoms with Crippen molar-refractivity contribution in [3.63, 3.8) is 0 Å². The fraction of sp³-hybridized carbons (Fsp3) is 0.0952. The van der Waals surface area contributed by atoms with E-state index in [1.165, 1.54) is 31.3 Å². The maximum atomic E-state index is 13.3. The lowest BCUT2D eigenvalue weighted by molar-refractivity contribution is -0.136. The molecule has 4 aromatic rings. The molecule has 9 heteroatoms. The van der Waals surface area contributed by atoms with Crippen LogP contribution in [0.4, 0.5) is 30.4 Å². The van der Waals surface area contributed by atoms with Crippen LogP contribution in [0.5, 0.6) is 0 Å². The average molecular weight is 411 g/mol. The van der Waals surface area contributed by atoms with Gasteiger partial charge in [-0.3, -0.25) is 9.20 Å². The zero-order chi connectivity index (χ0) is 21.3. The summed E-state index contributed by atoms with van der Waals surface area (Å²) in [5.41, 5.74) is 1.58. The molecule has 0 fully saturated rings. The summed E-state index contributed by atoms with van der Waals surface area (Å²) >= 11 is 0. The van der Waals surface area contributed by atoms with Gasteiger partial charge in [0.15, 0.2) is 11.5 Å². The summed E-state index contributed by atoms with van der Waals surface area (Å²) in [6.45, 7) is 1.42. The number of para-hydroxylation sites is 1. The SMILES string of the molecule is CC(=O)Nc1cccc(-c2cnc3c(Nc4ccccc4C(F)(F)F)nccn23)c1. The highest BCUT2D eigenvalue weighted by molar-refractivity contribution is 5.89. The van der Waals surface area contributed by atoms with Crippen LogP contribution >= 0.6 is 0 Å². The van der Waals surface area contributed by atoms with Crippen LogP contribution in [0.3, 0.4) is 0 Å². The number of aromatic nitrogens is 3. The van der Waals surface area contributed by atoms with Crippen molar-refractivity contribution < 1.29 is 18.0 Å². The summed E-state index contributed by atoms with van der Waals surface area (Å²) in [5.74, 6) is 0.00257. The number of nitrogens with one attached hydrogen (secondary N) is 2. The molecule has 0 saturated carbocycles. The number of carbonyl (C=O) groups excluding carboxylic acids is 1. The summed E-state index contributed by atoms with van der Waals surface area (Å²) in [4.78, 5) is 19.8. The van der Waals surface area contributed by atoms with E-state index in [-0.39, 0.29) is 17.4 Å². The Labute approximate surface area is 169 Å². The van der Waals surface area contributed by atoms with Gasteiger partial charge in [0.2, 0.25) is 5.91 Å². The molecule has 2 heterocycles. The van der Waals surface area contributed by atoms with Crippen LogP contribution in [-0.2, 0) is 11.0 Å². The predicted molar refractivity (Wildman–Crippen MR) is 107 cm³/mol. The van der Waals surface area contributed by atoms with Crippen LogP contribution in [0.1, 0.15) is 12.5 Å². The van der Waals surface area contributed by atoms with Crippen LogP contribution < -0.4 is 10.6 Å². The molecule has 6 nitrogen and oxygen atoms in total. The van der Waals surface area contributed by atoms with Crippen LogP contribution in [0.25, 0.3) is 16.9 Å². The van der Waals surface area contributed by atoms with E-state index in [1.54, 1.807) is 35.0 Å². The van der Waals surface area contributed by atoms with Crippen molar-refractivity contribution >= 4 is 28.7 Å². The second-order valence-electron chi connectivity index (χ2n) is 6.54. The molecule has 0 radical (unpaired) electrons. The lowest BCUT2D eigenvalue weighted by atomic mass is 10.1. The number of amides is 1. The molecule has 0 aliphatic carbocycles. The van der Waals surface area contributed by atoms with E-state index < -0.39 is 11.7 Å². The number of rotatable bonds is 4. The molecular weight excluding hydrogens is 395 g/mol. The van der Waals surface area contributed by atoms with E-state index in [4.69, 9.17) is 0 Å². The normalized spacial score (nSPS) is 11.5. The van der Waals surface area contributed by atoms with E-state index >= 15 is 0 Å². The molecule has 0 spiro atoms. The third-order valence-electron chi connectivity index (χ3n) is 4.39. The number of anilines is 3. The van der Waals surface area contributed by atoms with Crippen LogP contribution in [-0.4, -0.2) is 20.3 Å². The van der Waals surface area contributed by atoms with Crippen molar-refractivity contribution in [2.45, 2.75) is 13.1 Å². The molecule has 30 heavy (non-hydrogen) atoms. The largest absolute Gasteiger partial charge is 0.418 e. The summed E-state index contributed by atoms with van der Waals surface area (Å²) < 4.78 is 41.6. The van der Waals surface area contributed by atoms with Gasteiger partial charge in [-0.1, -0.05) is 24.3 Å². The minimum Gasteiger partial charge on any atom is -0.337 e. The van der Waals surface area contributed by atoms with Gasteiger partial charge < -0.3 is 10.6 Å². The van der Waals surface area contributed by atoms with Gasteiger partial charge in [-0.25, -0.2) is 9.97 Å². The summed E-state index contributed by atoms with van der Waals surface area (Å²) in [7, 11) is 0. The van der Waals surface area contributed by atoms with Gasteiger partial charge in [0.05, 0.1) is 23.1 Å². The standard InChI is InChI=1S/C21H16F3N5O/c1-13(30)27-15-6-4-5-14(11-15)18-12-26-20-19(25-9-10-29(18)20)28-17-8-3-2-7-16(17)21(22,23)24/h2-12H,1H3,(H,25,28)(H,27,30). The minimum atomic E-state index is -4.50. The molecule has 2 N–H and O–H groups in total. The van der Waals surface area contributed by atoms with E-state index in [9.17, 15) is 18.0 Å². The molecular formula is C21H16F3N5O. The molecule has 0 unspecified atom stereocenters. The second kappa shape index (κ2) is 7.51. The van der Waals surface area contributed by atoms with Gasteiger partial charge in [-0.2, -0.15) is 13.2 Å². The lowest BCUT2D eigenvalue weighted by Crippen LogP contribution is -2.09.